The summed E-state index contributed by atoms with van der Waals surface area (Å²) in [7, 11) is 1.37. The van der Waals surface area contributed by atoms with Gasteiger partial charge in [0.1, 0.15) is 0 Å². The molecule has 0 saturated carbocycles. The van der Waals surface area contributed by atoms with Crippen molar-refractivity contribution in [3.8, 4) is 0 Å². The van der Waals surface area contributed by atoms with Gasteiger partial charge in [-0.3, -0.25) is 19.4 Å². The normalized spacial score (nSPS) is 25.9. The van der Waals surface area contributed by atoms with Crippen LogP contribution in [0.3, 0.4) is 0 Å². The van der Waals surface area contributed by atoms with E-state index in [0.29, 0.717) is 17.9 Å². The summed E-state index contributed by atoms with van der Waals surface area (Å²) in [5.74, 6) is 0.993. The van der Waals surface area contributed by atoms with Crippen molar-refractivity contribution in [1.82, 2.24) is 14.7 Å². The zero-order valence-electron chi connectivity index (χ0n) is 17.5. The second kappa shape index (κ2) is 9.26. The highest BCUT2D eigenvalue weighted by atomic mass is 16.5. The molecule has 3 saturated heterocycles. The van der Waals surface area contributed by atoms with Crippen LogP contribution < -0.4 is 0 Å². The van der Waals surface area contributed by atoms with Gasteiger partial charge >= 0.3 is 5.97 Å². The van der Waals surface area contributed by atoms with Crippen LogP contribution in [0.4, 0.5) is 0 Å². The molecule has 29 heavy (non-hydrogen) atoms. The van der Waals surface area contributed by atoms with Crippen LogP contribution in [0, 0.1) is 11.8 Å². The third-order valence-corrected chi connectivity index (χ3v) is 6.96. The smallest absolute Gasteiger partial charge is 0.306 e. The van der Waals surface area contributed by atoms with E-state index in [0.717, 1.165) is 32.7 Å². The molecule has 1 aromatic rings. The molecule has 0 bridgehead atoms. The molecule has 3 aliphatic rings. The first-order valence-corrected chi connectivity index (χ1v) is 11.0. The number of nitrogens with zero attached hydrogens (tertiary/aromatic N) is 3. The summed E-state index contributed by atoms with van der Waals surface area (Å²) in [6.45, 7) is 7.35. The zero-order valence-corrected chi connectivity index (χ0v) is 17.5. The Bertz CT molecular complexity index is 689. The maximum Gasteiger partial charge on any atom is 0.306 e. The fraction of sp³-hybridized carbons (Fsp3) is 0.652. The highest BCUT2D eigenvalue weighted by molar-refractivity contribution is 5.81. The summed E-state index contributed by atoms with van der Waals surface area (Å²) in [4.78, 5) is 30.9. The number of ether oxygens (including phenoxy) is 1. The molecular formula is C23H33N3O3. The van der Waals surface area contributed by atoms with Gasteiger partial charge in [0, 0.05) is 45.2 Å². The predicted molar refractivity (Wildman–Crippen MR) is 111 cm³/mol. The number of carbonyl (C=O) groups is 2. The Kier molecular flexibility index (Phi) is 6.50. The number of likely N-dealkylation sites (tertiary alicyclic amines) is 3. The van der Waals surface area contributed by atoms with Gasteiger partial charge in [-0.2, -0.15) is 0 Å². The van der Waals surface area contributed by atoms with E-state index < -0.39 is 0 Å². The Labute approximate surface area is 173 Å². The first kappa shape index (κ1) is 20.4. The first-order valence-electron chi connectivity index (χ1n) is 11.0. The number of rotatable bonds is 6. The number of amides is 1. The molecule has 0 aromatic heterocycles. The molecule has 0 unspecified atom stereocenters. The molecule has 2 atom stereocenters. The fourth-order valence-electron chi connectivity index (χ4n) is 5.28. The lowest BCUT2D eigenvalue weighted by molar-refractivity contribution is -0.143. The van der Waals surface area contributed by atoms with Gasteiger partial charge in [-0.25, -0.2) is 0 Å². The quantitative estimate of drug-likeness (QED) is 0.685. The molecule has 0 N–H and O–H groups in total. The summed E-state index contributed by atoms with van der Waals surface area (Å²) in [5.41, 5.74) is 1.40. The van der Waals surface area contributed by atoms with E-state index in [1.807, 2.05) is 4.90 Å². The van der Waals surface area contributed by atoms with E-state index >= 15 is 0 Å². The SMILES string of the molecule is COC(=O)CCC(=O)N1C[C@H]2CN(C3CCN(Cc4ccccc4)CC3)C[C@@H]2C1. The van der Waals surface area contributed by atoms with Crippen molar-refractivity contribution in [3.05, 3.63) is 35.9 Å². The highest BCUT2D eigenvalue weighted by Crippen LogP contribution is 2.34. The standard InChI is InChI=1S/C23H33N3O3/c1-29-23(28)8-7-22(27)26-16-19-14-25(15-20(19)17-26)21-9-11-24(12-10-21)13-18-5-3-2-4-6-18/h2-6,19-21H,7-17H2,1H3/t19-,20-/m1/s1. The van der Waals surface area contributed by atoms with E-state index in [1.54, 1.807) is 0 Å². The van der Waals surface area contributed by atoms with E-state index in [1.165, 1.54) is 38.6 Å². The molecule has 158 valence electrons. The van der Waals surface area contributed by atoms with Crippen molar-refractivity contribution in [1.29, 1.82) is 0 Å². The molecule has 3 aliphatic heterocycles. The van der Waals surface area contributed by atoms with E-state index in [4.69, 9.17) is 0 Å². The minimum absolute atomic E-state index is 0.102. The molecule has 0 radical (unpaired) electrons. The van der Waals surface area contributed by atoms with Gasteiger partial charge in [0.05, 0.1) is 13.5 Å². The largest absolute Gasteiger partial charge is 0.469 e. The maximum atomic E-state index is 12.4. The van der Waals surface area contributed by atoms with Crippen LogP contribution in [-0.4, -0.2) is 79.0 Å². The third-order valence-electron chi connectivity index (χ3n) is 6.96. The number of esters is 1. The minimum atomic E-state index is -0.303. The second-order valence-corrected chi connectivity index (χ2v) is 8.84. The van der Waals surface area contributed by atoms with Gasteiger partial charge in [0.25, 0.3) is 0 Å². The van der Waals surface area contributed by atoms with Gasteiger partial charge in [0.15, 0.2) is 0 Å². The molecular weight excluding hydrogens is 366 g/mol. The number of methoxy groups -OCH3 is 1. The highest BCUT2D eigenvalue weighted by Gasteiger charge is 2.43. The second-order valence-electron chi connectivity index (χ2n) is 8.84. The molecule has 6 heteroatoms. The molecule has 4 rings (SSSR count). The number of carbonyl (C=O) groups excluding carboxylic acids is 2. The molecule has 6 nitrogen and oxygen atoms in total. The Morgan fingerprint density at radius 1 is 0.966 bits per heavy atom. The van der Waals surface area contributed by atoms with Crippen LogP contribution >= 0.6 is 0 Å². The van der Waals surface area contributed by atoms with Crippen LogP contribution in [0.1, 0.15) is 31.2 Å². The van der Waals surface area contributed by atoms with Crippen LogP contribution in [0.25, 0.3) is 0 Å². The average molecular weight is 400 g/mol. The van der Waals surface area contributed by atoms with Gasteiger partial charge < -0.3 is 9.64 Å². The van der Waals surface area contributed by atoms with Gasteiger partial charge in [-0.05, 0) is 43.3 Å². The monoisotopic (exact) mass is 399 g/mol. The maximum absolute atomic E-state index is 12.4. The Morgan fingerprint density at radius 3 is 2.24 bits per heavy atom. The first-order chi connectivity index (χ1) is 14.1. The number of piperidine rings is 1. The summed E-state index contributed by atoms with van der Waals surface area (Å²) in [5, 5.41) is 0. The van der Waals surface area contributed by atoms with Crippen LogP contribution in [0.15, 0.2) is 30.3 Å². The number of hydrogen-bond donors (Lipinski definition) is 0. The minimum Gasteiger partial charge on any atom is -0.469 e. The van der Waals surface area contributed by atoms with Gasteiger partial charge in [-0.1, -0.05) is 30.3 Å². The van der Waals surface area contributed by atoms with E-state index in [9.17, 15) is 9.59 Å². The van der Waals surface area contributed by atoms with Crippen molar-refractivity contribution in [2.24, 2.45) is 11.8 Å². The average Bonchev–Trinajstić information content (AvgIpc) is 3.32. The fourth-order valence-corrected chi connectivity index (χ4v) is 5.28. The summed E-state index contributed by atoms with van der Waals surface area (Å²) < 4.78 is 4.64. The van der Waals surface area contributed by atoms with Crippen molar-refractivity contribution < 1.29 is 14.3 Å². The van der Waals surface area contributed by atoms with Gasteiger partial charge in [-0.15, -0.1) is 0 Å². The molecule has 3 fully saturated rings. The number of fused-ring (bicyclic) bond motifs is 1. The molecule has 1 aromatic carbocycles. The lowest BCUT2D eigenvalue weighted by atomic mass is 10.0. The lowest BCUT2D eigenvalue weighted by Crippen LogP contribution is -2.45. The Hall–Kier alpha value is -1.92. The summed E-state index contributed by atoms with van der Waals surface area (Å²) in [6, 6.07) is 11.4. The summed E-state index contributed by atoms with van der Waals surface area (Å²) in [6.07, 6.45) is 2.95. The Balaban J connectivity index is 1.19. The van der Waals surface area contributed by atoms with Crippen LogP contribution in [0.5, 0.6) is 0 Å². The van der Waals surface area contributed by atoms with Crippen molar-refractivity contribution >= 4 is 11.9 Å². The number of hydrogen-bond acceptors (Lipinski definition) is 5. The molecule has 0 spiro atoms. The van der Waals surface area contributed by atoms with Crippen molar-refractivity contribution in [2.45, 2.75) is 38.3 Å². The van der Waals surface area contributed by atoms with E-state index in [2.05, 4.69) is 44.9 Å². The van der Waals surface area contributed by atoms with Crippen molar-refractivity contribution in [3.63, 3.8) is 0 Å². The lowest BCUT2D eigenvalue weighted by Gasteiger charge is -2.37. The zero-order chi connectivity index (χ0) is 20.2. The third kappa shape index (κ3) is 4.98. The topological polar surface area (TPSA) is 53.1 Å². The predicted octanol–water partition coefficient (Wildman–Crippen LogP) is 1.99. The van der Waals surface area contributed by atoms with Crippen LogP contribution in [-0.2, 0) is 20.9 Å². The van der Waals surface area contributed by atoms with Gasteiger partial charge in [0.2, 0.25) is 5.91 Å². The Morgan fingerprint density at radius 2 is 1.62 bits per heavy atom. The summed E-state index contributed by atoms with van der Waals surface area (Å²) >= 11 is 0. The number of benzene rings is 1. The molecule has 1 amide bonds. The molecule has 0 aliphatic carbocycles. The van der Waals surface area contributed by atoms with Crippen molar-refractivity contribution in [2.75, 3.05) is 46.4 Å². The van der Waals surface area contributed by atoms with Crippen LogP contribution in [0.2, 0.25) is 0 Å². The molecule has 3 heterocycles. The van der Waals surface area contributed by atoms with E-state index in [-0.39, 0.29) is 24.7 Å².